The van der Waals surface area contributed by atoms with Gasteiger partial charge >= 0.3 is 0 Å². The van der Waals surface area contributed by atoms with E-state index in [2.05, 4.69) is 10.4 Å². The van der Waals surface area contributed by atoms with Crippen LogP contribution in [0, 0.1) is 0 Å². The van der Waals surface area contributed by atoms with Crippen molar-refractivity contribution in [3.8, 4) is 0 Å². The molecule has 0 bridgehead atoms. The second-order valence-corrected chi connectivity index (χ2v) is 5.16. The number of nitrogens with zero attached hydrogens (tertiary/aromatic N) is 2. The predicted molar refractivity (Wildman–Crippen MR) is 77.4 cm³/mol. The van der Waals surface area contributed by atoms with Gasteiger partial charge in [-0.25, -0.2) is 0 Å². The molecule has 6 heteroatoms. The molecule has 1 aliphatic rings. The normalized spacial score (nSPS) is 15.7. The molecule has 5 nitrogen and oxygen atoms in total. The second-order valence-electron chi connectivity index (χ2n) is 4.67. The first-order valence-electron chi connectivity index (χ1n) is 6.27. The van der Waals surface area contributed by atoms with Crippen molar-refractivity contribution >= 4 is 23.1 Å². The lowest BCUT2D eigenvalue weighted by Crippen LogP contribution is -2.36. The highest BCUT2D eigenvalue weighted by molar-refractivity contribution is 7.80. The van der Waals surface area contributed by atoms with Crippen LogP contribution in [0.25, 0.3) is 0 Å². The third-order valence-electron chi connectivity index (χ3n) is 3.30. The predicted octanol–water partition coefficient (Wildman–Crippen LogP) is 1.23. The summed E-state index contributed by atoms with van der Waals surface area (Å²) in [6.45, 7) is 0.301. The van der Waals surface area contributed by atoms with Gasteiger partial charge in [0.25, 0.3) is 5.91 Å². The first-order chi connectivity index (χ1) is 9.65. The molecule has 0 fully saturated rings. The lowest BCUT2D eigenvalue weighted by molar-refractivity contribution is 0.0972. The van der Waals surface area contributed by atoms with Gasteiger partial charge in [0.15, 0.2) is 0 Å². The number of aromatic nitrogens is 2. The summed E-state index contributed by atoms with van der Waals surface area (Å²) in [5, 5.41) is 17.0. The van der Waals surface area contributed by atoms with Gasteiger partial charge in [-0.3, -0.25) is 9.48 Å². The number of hydrogen-bond donors (Lipinski definition) is 2. The van der Waals surface area contributed by atoms with Gasteiger partial charge in [-0.1, -0.05) is 42.5 Å². The molecule has 0 saturated carbocycles. The number of thiocarbonyl (C=S) groups is 1. The maximum absolute atomic E-state index is 11.8. The van der Waals surface area contributed by atoms with Gasteiger partial charge in [0.2, 0.25) is 0 Å². The van der Waals surface area contributed by atoms with Crippen LogP contribution in [0.3, 0.4) is 0 Å². The topological polar surface area (TPSA) is 67.2 Å². The molecule has 0 radical (unpaired) electrons. The number of amides is 1. The van der Waals surface area contributed by atoms with E-state index in [9.17, 15) is 9.90 Å². The number of fused-ring (bicyclic) bond motifs is 1. The number of nitrogens with one attached hydrogen (secondary N) is 1. The number of carbonyl (C=O) groups excluding carboxylic acids is 1. The van der Waals surface area contributed by atoms with Crippen LogP contribution in [-0.4, -0.2) is 25.8 Å². The minimum Gasteiger partial charge on any atom is -0.386 e. The summed E-state index contributed by atoms with van der Waals surface area (Å²) in [5.41, 5.74) is 2.10. The molecule has 0 aliphatic carbocycles. The number of rotatable bonds is 3. The molecule has 20 heavy (non-hydrogen) atoms. The lowest BCUT2D eigenvalue weighted by atomic mass is 10.1. The molecule has 2 heterocycles. The van der Waals surface area contributed by atoms with E-state index in [0.717, 1.165) is 11.3 Å². The largest absolute Gasteiger partial charge is 0.386 e. The summed E-state index contributed by atoms with van der Waals surface area (Å²) in [7, 11) is 0. The Labute approximate surface area is 121 Å². The van der Waals surface area contributed by atoms with Crippen molar-refractivity contribution in [1.29, 1.82) is 0 Å². The summed E-state index contributed by atoms with van der Waals surface area (Å²) in [4.78, 5) is 12.2. The first-order valence-corrected chi connectivity index (χ1v) is 6.68. The van der Waals surface area contributed by atoms with Crippen LogP contribution >= 0.6 is 12.2 Å². The molecule has 102 valence electrons. The maximum atomic E-state index is 11.8. The van der Waals surface area contributed by atoms with E-state index < -0.39 is 6.10 Å². The zero-order valence-corrected chi connectivity index (χ0v) is 11.4. The molecular formula is C14H13N3O2S. The van der Waals surface area contributed by atoms with Crippen molar-refractivity contribution < 1.29 is 9.90 Å². The number of aliphatic hydroxyl groups is 1. The van der Waals surface area contributed by atoms with Crippen LogP contribution in [0.5, 0.6) is 0 Å². The van der Waals surface area contributed by atoms with Gasteiger partial charge in [0, 0.05) is 6.42 Å². The summed E-state index contributed by atoms with van der Waals surface area (Å²) >= 11 is 5.06. The van der Waals surface area contributed by atoms with E-state index in [1.54, 1.807) is 4.68 Å². The van der Waals surface area contributed by atoms with Crippen molar-refractivity contribution in [3.63, 3.8) is 0 Å². The van der Waals surface area contributed by atoms with Crippen LogP contribution in [-0.2, 0) is 13.0 Å². The van der Waals surface area contributed by atoms with Gasteiger partial charge in [-0.2, -0.15) is 5.10 Å². The van der Waals surface area contributed by atoms with Crippen molar-refractivity contribution in [2.24, 2.45) is 0 Å². The Morgan fingerprint density at radius 3 is 2.90 bits per heavy atom. The summed E-state index contributed by atoms with van der Waals surface area (Å²) < 4.78 is 1.65. The molecule has 1 unspecified atom stereocenters. The third kappa shape index (κ3) is 2.35. The fourth-order valence-corrected chi connectivity index (χ4v) is 2.51. The Hall–Kier alpha value is -2.05. The minimum absolute atomic E-state index is 0.225. The Balaban J connectivity index is 1.86. The quantitative estimate of drug-likeness (QED) is 0.833. The van der Waals surface area contributed by atoms with Gasteiger partial charge in [0.1, 0.15) is 0 Å². The van der Waals surface area contributed by atoms with Gasteiger partial charge in [0.05, 0.1) is 35.1 Å². The minimum atomic E-state index is -0.668. The summed E-state index contributed by atoms with van der Waals surface area (Å²) in [5.74, 6) is -0.225. The van der Waals surface area contributed by atoms with E-state index >= 15 is 0 Å². The molecule has 3 rings (SSSR count). The highest BCUT2D eigenvalue weighted by Crippen LogP contribution is 2.19. The molecule has 0 saturated heterocycles. The van der Waals surface area contributed by atoms with Crippen molar-refractivity contribution in [1.82, 2.24) is 15.1 Å². The monoisotopic (exact) mass is 287 g/mol. The fraction of sp³-hybridized carbons (Fsp3) is 0.214. The van der Waals surface area contributed by atoms with Gasteiger partial charge < -0.3 is 10.4 Å². The van der Waals surface area contributed by atoms with Crippen LogP contribution < -0.4 is 5.32 Å². The zero-order valence-electron chi connectivity index (χ0n) is 10.6. The molecule has 0 spiro atoms. The molecule has 1 atom stereocenters. The number of aliphatic hydroxyl groups excluding tert-OH is 1. The Morgan fingerprint density at radius 2 is 2.15 bits per heavy atom. The molecule has 1 aliphatic heterocycles. The molecule has 2 N–H and O–H groups in total. The maximum Gasteiger partial charge on any atom is 0.259 e. The Morgan fingerprint density at radius 1 is 1.40 bits per heavy atom. The van der Waals surface area contributed by atoms with E-state index in [0.29, 0.717) is 23.5 Å². The van der Waals surface area contributed by atoms with Crippen molar-refractivity contribution in [3.05, 3.63) is 53.3 Å². The standard InChI is InChI=1S/C14H13N3O2S/c18-12(9-4-2-1-3-5-9)8-17-11-6-13(20)16-14(19)10(11)7-15-17/h1-5,7,12,18H,6,8H2,(H,16,19,20). The third-order valence-corrected chi connectivity index (χ3v) is 3.55. The smallest absolute Gasteiger partial charge is 0.259 e. The summed E-state index contributed by atoms with van der Waals surface area (Å²) in [6.07, 6.45) is 1.32. The first kappa shape index (κ1) is 13.0. The van der Waals surface area contributed by atoms with Crippen LogP contribution in [0.2, 0.25) is 0 Å². The van der Waals surface area contributed by atoms with Crippen LogP contribution in [0.1, 0.15) is 27.7 Å². The highest BCUT2D eigenvalue weighted by atomic mass is 32.1. The lowest BCUT2D eigenvalue weighted by Gasteiger charge is -2.17. The van der Waals surface area contributed by atoms with Crippen molar-refractivity contribution in [2.75, 3.05) is 0 Å². The van der Waals surface area contributed by atoms with E-state index in [-0.39, 0.29) is 5.91 Å². The average molecular weight is 287 g/mol. The number of hydrogen-bond acceptors (Lipinski definition) is 4. The molecular weight excluding hydrogens is 274 g/mol. The van der Waals surface area contributed by atoms with E-state index in [1.165, 1.54) is 6.20 Å². The van der Waals surface area contributed by atoms with Crippen molar-refractivity contribution in [2.45, 2.75) is 19.1 Å². The number of carbonyl (C=O) groups is 1. The van der Waals surface area contributed by atoms with Gasteiger partial charge in [-0.15, -0.1) is 0 Å². The Kier molecular flexibility index (Phi) is 3.33. The fourth-order valence-electron chi connectivity index (χ4n) is 2.28. The van der Waals surface area contributed by atoms with E-state index in [1.807, 2.05) is 30.3 Å². The average Bonchev–Trinajstić information content (AvgIpc) is 2.83. The molecule has 2 aromatic rings. The van der Waals surface area contributed by atoms with E-state index in [4.69, 9.17) is 12.2 Å². The SMILES string of the molecule is O=C1NC(=S)Cc2c1cnn2CC(O)c1ccccc1. The number of benzene rings is 1. The van der Waals surface area contributed by atoms with Crippen LogP contribution in [0.4, 0.5) is 0 Å². The second kappa shape index (κ2) is 5.15. The van der Waals surface area contributed by atoms with Crippen LogP contribution in [0.15, 0.2) is 36.5 Å². The summed E-state index contributed by atoms with van der Waals surface area (Å²) in [6, 6.07) is 9.37. The molecule has 1 amide bonds. The van der Waals surface area contributed by atoms with Gasteiger partial charge in [-0.05, 0) is 5.56 Å². The zero-order chi connectivity index (χ0) is 14.1. The molecule has 1 aromatic carbocycles. The highest BCUT2D eigenvalue weighted by Gasteiger charge is 2.25. The molecule has 1 aromatic heterocycles. The Bertz CT molecular complexity index is 666.